The zero-order valence-electron chi connectivity index (χ0n) is 11.7. The highest BCUT2D eigenvalue weighted by Crippen LogP contribution is 2.27. The fourth-order valence-corrected chi connectivity index (χ4v) is 2.29. The van der Waals surface area contributed by atoms with Crippen LogP contribution in [0.4, 0.5) is 0 Å². The third kappa shape index (κ3) is 4.69. The van der Waals surface area contributed by atoms with Crippen molar-refractivity contribution in [3.63, 3.8) is 0 Å². The number of benzene rings is 1. The fraction of sp³-hybridized carbons (Fsp3) is 0.375. The van der Waals surface area contributed by atoms with Gasteiger partial charge >= 0.3 is 0 Å². The van der Waals surface area contributed by atoms with Crippen molar-refractivity contribution in [1.29, 1.82) is 0 Å². The second kappa shape index (κ2) is 7.97. The second-order valence-corrected chi connectivity index (χ2v) is 5.21. The molecular weight excluding hydrogens is 256 g/mol. The lowest BCUT2D eigenvalue weighted by Gasteiger charge is -2.19. The maximum absolute atomic E-state index is 10.9. The second-order valence-electron chi connectivity index (χ2n) is 4.57. The lowest BCUT2D eigenvalue weighted by Crippen LogP contribution is -2.14. The first-order valence-corrected chi connectivity index (χ1v) is 6.72. The SMILES string of the molecule is COCCC(C(C)=S)/C(=C\C=O)c1ccc(C)cc1. The van der Waals surface area contributed by atoms with E-state index in [4.69, 9.17) is 17.0 Å². The largest absolute Gasteiger partial charge is 0.385 e. The lowest BCUT2D eigenvalue weighted by atomic mass is 9.87. The Kier molecular flexibility index (Phi) is 6.60. The van der Waals surface area contributed by atoms with Gasteiger partial charge in [0.2, 0.25) is 0 Å². The van der Waals surface area contributed by atoms with Crippen LogP contribution < -0.4 is 0 Å². The maximum atomic E-state index is 10.9. The molecule has 1 aromatic carbocycles. The molecule has 0 aliphatic carbocycles. The molecule has 19 heavy (non-hydrogen) atoms. The Bertz CT molecular complexity index is 460. The smallest absolute Gasteiger partial charge is 0.143 e. The first kappa shape index (κ1) is 15.7. The van der Waals surface area contributed by atoms with Crippen LogP contribution in [0.25, 0.3) is 5.57 Å². The molecule has 0 N–H and O–H groups in total. The molecule has 102 valence electrons. The number of hydrogen-bond acceptors (Lipinski definition) is 3. The summed E-state index contributed by atoms with van der Waals surface area (Å²) in [7, 11) is 1.67. The van der Waals surface area contributed by atoms with E-state index in [-0.39, 0.29) is 5.92 Å². The summed E-state index contributed by atoms with van der Waals surface area (Å²) < 4.78 is 5.13. The van der Waals surface area contributed by atoms with Gasteiger partial charge in [0.25, 0.3) is 0 Å². The van der Waals surface area contributed by atoms with Crippen LogP contribution in [0.5, 0.6) is 0 Å². The predicted molar refractivity (Wildman–Crippen MR) is 83.5 cm³/mol. The summed E-state index contributed by atoms with van der Waals surface area (Å²) in [5.74, 6) is 0.0721. The number of ether oxygens (including phenoxy) is 1. The Labute approximate surface area is 120 Å². The van der Waals surface area contributed by atoms with Gasteiger partial charge in [-0.3, -0.25) is 4.79 Å². The van der Waals surface area contributed by atoms with Gasteiger partial charge < -0.3 is 4.74 Å². The number of allylic oxidation sites excluding steroid dienone is 2. The zero-order chi connectivity index (χ0) is 14.3. The molecule has 1 unspecified atom stereocenters. The number of thiocarbonyl (C=S) groups is 1. The molecule has 2 nitrogen and oxygen atoms in total. The average Bonchev–Trinajstić information content (AvgIpc) is 2.38. The van der Waals surface area contributed by atoms with Crippen molar-refractivity contribution in [3.05, 3.63) is 41.5 Å². The number of aryl methyl sites for hydroxylation is 1. The Morgan fingerprint density at radius 1 is 1.37 bits per heavy atom. The molecule has 0 saturated heterocycles. The van der Waals surface area contributed by atoms with Crippen LogP contribution in [-0.4, -0.2) is 24.9 Å². The monoisotopic (exact) mass is 276 g/mol. The minimum Gasteiger partial charge on any atom is -0.385 e. The van der Waals surface area contributed by atoms with E-state index in [1.807, 2.05) is 38.1 Å². The van der Waals surface area contributed by atoms with Crippen LogP contribution in [0.3, 0.4) is 0 Å². The van der Waals surface area contributed by atoms with Crippen molar-refractivity contribution in [1.82, 2.24) is 0 Å². The van der Waals surface area contributed by atoms with Crippen LogP contribution in [0.2, 0.25) is 0 Å². The van der Waals surface area contributed by atoms with Crippen LogP contribution >= 0.6 is 12.2 Å². The minimum absolute atomic E-state index is 0.0721. The summed E-state index contributed by atoms with van der Waals surface area (Å²) in [6, 6.07) is 8.14. The molecule has 0 saturated carbocycles. The van der Waals surface area contributed by atoms with Crippen molar-refractivity contribution in [2.75, 3.05) is 13.7 Å². The molecule has 0 bridgehead atoms. The standard InChI is InChI=1S/C16H20O2S/c1-12-4-6-14(7-5-12)16(8-10-17)15(13(2)19)9-11-18-3/h4-8,10,15H,9,11H2,1-3H3/b16-8-. The molecule has 0 aliphatic rings. The molecule has 3 heteroatoms. The predicted octanol–water partition coefficient (Wildman–Crippen LogP) is 3.62. The van der Waals surface area contributed by atoms with Gasteiger partial charge in [-0.1, -0.05) is 42.0 Å². The quantitative estimate of drug-likeness (QED) is 0.432. The van der Waals surface area contributed by atoms with E-state index < -0.39 is 0 Å². The van der Waals surface area contributed by atoms with E-state index >= 15 is 0 Å². The molecule has 0 aromatic heterocycles. The molecule has 0 fully saturated rings. The summed E-state index contributed by atoms with van der Waals surface area (Å²) in [6.07, 6.45) is 3.23. The number of rotatable bonds is 7. The molecule has 1 atom stereocenters. The van der Waals surface area contributed by atoms with Gasteiger partial charge in [0.1, 0.15) is 6.29 Å². The van der Waals surface area contributed by atoms with Gasteiger partial charge in [-0.15, -0.1) is 0 Å². The van der Waals surface area contributed by atoms with Crippen molar-refractivity contribution in [3.8, 4) is 0 Å². The summed E-state index contributed by atoms with van der Waals surface area (Å²) in [4.78, 5) is 11.8. The van der Waals surface area contributed by atoms with Crippen LogP contribution in [0.1, 0.15) is 24.5 Å². The number of hydrogen-bond donors (Lipinski definition) is 0. The Balaban J connectivity index is 3.10. The van der Waals surface area contributed by atoms with Gasteiger partial charge in [0.05, 0.1) is 0 Å². The third-order valence-corrected chi connectivity index (χ3v) is 3.39. The Hall–Kier alpha value is -1.32. The van der Waals surface area contributed by atoms with Gasteiger partial charge in [-0.25, -0.2) is 0 Å². The zero-order valence-corrected chi connectivity index (χ0v) is 12.5. The van der Waals surface area contributed by atoms with Crippen molar-refractivity contribution in [2.24, 2.45) is 5.92 Å². The Morgan fingerprint density at radius 2 is 2.00 bits per heavy atom. The van der Waals surface area contributed by atoms with E-state index in [1.165, 1.54) is 5.56 Å². The summed E-state index contributed by atoms with van der Waals surface area (Å²) in [5.41, 5.74) is 3.21. The highest BCUT2D eigenvalue weighted by Gasteiger charge is 2.17. The molecular formula is C16H20O2S. The van der Waals surface area contributed by atoms with Gasteiger partial charge in [0.15, 0.2) is 0 Å². The van der Waals surface area contributed by atoms with Gasteiger partial charge in [-0.05, 0) is 42.3 Å². The van der Waals surface area contributed by atoms with E-state index in [0.717, 1.165) is 28.7 Å². The van der Waals surface area contributed by atoms with Gasteiger partial charge in [-0.2, -0.15) is 0 Å². The number of carbonyl (C=O) groups is 1. The molecule has 1 aromatic rings. The first-order chi connectivity index (χ1) is 9.10. The van der Waals surface area contributed by atoms with E-state index in [2.05, 4.69) is 0 Å². The van der Waals surface area contributed by atoms with E-state index in [0.29, 0.717) is 6.61 Å². The molecule has 0 heterocycles. The molecule has 0 aliphatic heterocycles. The maximum Gasteiger partial charge on any atom is 0.143 e. The number of methoxy groups -OCH3 is 1. The van der Waals surface area contributed by atoms with Crippen molar-refractivity contribution >= 4 is 28.9 Å². The van der Waals surface area contributed by atoms with Crippen LogP contribution in [0, 0.1) is 12.8 Å². The lowest BCUT2D eigenvalue weighted by molar-refractivity contribution is -0.104. The highest BCUT2D eigenvalue weighted by molar-refractivity contribution is 7.80. The third-order valence-electron chi connectivity index (χ3n) is 3.11. The van der Waals surface area contributed by atoms with E-state index in [9.17, 15) is 4.79 Å². The Morgan fingerprint density at radius 3 is 2.47 bits per heavy atom. The van der Waals surface area contributed by atoms with E-state index in [1.54, 1.807) is 13.2 Å². The molecule has 1 rings (SSSR count). The first-order valence-electron chi connectivity index (χ1n) is 6.32. The summed E-state index contributed by atoms with van der Waals surface area (Å²) in [5, 5.41) is 0. The van der Waals surface area contributed by atoms with Gasteiger partial charge in [0, 0.05) is 19.6 Å². The van der Waals surface area contributed by atoms with Crippen LogP contribution in [0.15, 0.2) is 30.3 Å². The number of aldehydes is 1. The van der Waals surface area contributed by atoms with Crippen LogP contribution in [-0.2, 0) is 9.53 Å². The topological polar surface area (TPSA) is 26.3 Å². The highest BCUT2D eigenvalue weighted by atomic mass is 32.1. The molecule has 0 radical (unpaired) electrons. The average molecular weight is 276 g/mol. The molecule has 0 spiro atoms. The van der Waals surface area contributed by atoms with Crippen molar-refractivity contribution < 1.29 is 9.53 Å². The minimum atomic E-state index is 0.0721. The number of carbonyl (C=O) groups excluding carboxylic acids is 1. The summed E-state index contributed by atoms with van der Waals surface area (Å²) >= 11 is 5.33. The van der Waals surface area contributed by atoms with Crippen molar-refractivity contribution in [2.45, 2.75) is 20.3 Å². The fourth-order valence-electron chi connectivity index (χ4n) is 2.05. The summed E-state index contributed by atoms with van der Waals surface area (Å²) in [6.45, 7) is 4.59. The molecule has 0 amide bonds. The normalized spacial score (nSPS) is 13.1.